The van der Waals surface area contributed by atoms with Crippen molar-refractivity contribution in [2.24, 2.45) is 5.92 Å². The van der Waals surface area contributed by atoms with Gasteiger partial charge in [0.05, 0.1) is 13.0 Å². The third-order valence-electron chi connectivity index (χ3n) is 1.11. The van der Waals surface area contributed by atoms with E-state index < -0.39 is 0 Å². The molecule has 0 aliphatic carbocycles. The lowest BCUT2D eigenvalue weighted by Gasteiger charge is -2.00. The highest BCUT2D eigenvalue weighted by atomic mass is 16.5. The minimum absolute atomic E-state index is 0.178. The Kier molecular flexibility index (Phi) is 4.29. The highest BCUT2D eigenvalue weighted by Gasteiger charge is 2.06. The Labute approximate surface area is 61.2 Å². The number of hydrogen-bond donors (Lipinski definition) is 0. The zero-order valence-corrected chi connectivity index (χ0v) is 6.33. The van der Waals surface area contributed by atoms with Crippen molar-refractivity contribution in [1.82, 2.24) is 0 Å². The van der Waals surface area contributed by atoms with E-state index in [0.29, 0.717) is 0 Å². The maximum absolute atomic E-state index is 10.7. The summed E-state index contributed by atoms with van der Waals surface area (Å²) in [6, 6.07) is 0. The molecule has 2 nitrogen and oxygen atoms in total. The monoisotopic (exact) mass is 140 g/mol. The number of carbonyl (C=O) groups is 1. The number of methoxy groups -OCH3 is 1. The van der Waals surface area contributed by atoms with Crippen LogP contribution < -0.4 is 0 Å². The second kappa shape index (κ2) is 4.79. The van der Waals surface area contributed by atoms with Crippen LogP contribution in [0.4, 0.5) is 0 Å². The Balaban J connectivity index is 3.83. The Morgan fingerprint density at radius 2 is 2.30 bits per heavy atom. The minimum Gasteiger partial charge on any atom is -0.469 e. The Morgan fingerprint density at radius 3 is 2.70 bits per heavy atom. The predicted octanol–water partition coefficient (Wildman–Crippen LogP) is 1.54. The number of allylic oxidation sites excluding steroid dienone is 2. The molecule has 0 rings (SSSR count). The van der Waals surface area contributed by atoms with E-state index in [0.717, 1.165) is 0 Å². The van der Waals surface area contributed by atoms with Gasteiger partial charge in [0.1, 0.15) is 0 Å². The summed E-state index contributed by atoms with van der Waals surface area (Å²) in [5, 5.41) is 0. The normalized spacial score (nSPS) is 13.0. The van der Waals surface area contributed by atoms with Crippen molar-refractivity contribution < 1.29 is 9.53 Å². The second-order valence-corrected chi connectivity index (χ2v) is 1.93. The van der Waals surface area contributed by atoms with E-state index in [4.69, 9.17) is 0 Å². The summed E-state index contributed by atoms with van der Waals surface area (Å²) in [6.45, 7) is 5.25. The van der Waals surface area contributed by atoms with E-state index in [2.05, 4.69) is 11.3 Å². The van der Waals surface area contributed by atoms with Gasteiger partial charge in [-0.3, -0.25) is 4.79 Å². The maximum Gasteiger partial charge on any atom is 0.312 e. The molecule has 0 aliphatic heterocycles. The molecular formula is C8H12O2. The van der Waals surface area contributed by atoms with E-state index >= 15 is 0 Å². The molecule has 0 fully saturated rings. The molecule has 0 amide bonds. The van der Waals surface area contributed by atoms with Gasteiger partial charge in [-0.2, -0.15) is 0 Å². The van der Waals surface area contributed by atoms with Crippen molar-refractivity contribution in [3.8, 4) is 0 Å². The SMILES string of the molecule is C=CC=CC(C)C(=O)OC. The van der Waals surface area contributed by atoms with Crippen molar-refractivity contribution in [3.05, 3.63) is 24.8 Å². The minimum atomic E-state index is -0.224. The topological polar surface area (TPSA) is 26.3 Å². The molecular weight excluding hydrogens is 128 g/mol. The van der Waals surface area contributed by atoms with Gasteiger partial charge in [-0.1, -0.05) is 24.8 Å². The zero-order valence-electron chi connectivity index (χ0n) is 6.33. The molecule has 0 bridgehead atoms. The smallest absolute Gasteiger partial charge is 0.312 e. The van der Waals surface area contributed by atoms with Gasteiger partial charge in [0.15, 0.2) is 0 Å². The fraction of sp³-hybridized carbons (Fsp3) is 0.375. The van der Waals surface area contributed by atoms with Gasteiger partial charge in [-0.15, -0.1) is 0 Å². The van der Waals surface area contributed by atoms with Crippen LogP contribution in [-0.2, 0) is 9.53 Å². The average molecular weight is 140 g/mol. The van der Waals surface area contributed by atoms with Gasteiger partial charge in [-0.25, -0.2) is 0 Å². The summed E-state index contributed by atoms with van der Waals surface area (Å²) < 4.78 is 4.48. The maximum atomic E-state index is 10.7. The molecule has 1 atom stereocenters. The van der Waals surface area contributed by atoms with Crippen molar-refractivity contribution in [2.75, 3.05) is 7.11 Å². The zero-order chi connectivity index (χ0) is 7.98. The van der Waals surface area contributed by atoms with Gasteiger partial charge >= 0.3 is 5.97 Å². The van der Waals surface area contributed by atoms with Gasteiger partial charge in [0.2, 0.25) is 0 Å². The lowest BCUT2D eigenvalue weighted by atomic mass is 10.2. The Hall–Kier alpha value is -1.05. The third-order valence-corrected chi connectivity index (χ3v) is 1.11. The number of esters is 1. The average Bonchev–Trinajstić information content (AvgIpc) is 1.98. The number of carbonyl (C=O) groups excluding carboxylic acids is 1. The molecule has 0 saturated heterocycles. The van der Waals surface area contributed by atoms with Gasteiger partial charge in [0.25, 0.3) is 0 Å². The largest absolute Gasteiger partial charge is 0.469 e. The lowest BCUT2D eigenvalue weighted by molar-refractivity contribution is -0.143. The first kappa shape index (κ1) is 8.95. The highest BCUT2D eigenvalue weighted by molar-refractivity contribution is 5.73. The number of hydrogen-bond acceptors (Lipinski definition) is 2. The van der Waals surface area contributed by atoms with Crippen LogP contribution in [0, 0.1) is 5.92 Å². The lowest BCUT2D eigenvalue weighted by Crippen LogP contribution is -2.09. The summed E-state index contributed by atoms with van der Waals surface area (Å²) in [4.78, 5) is 10.7. The van der Waals surface area contributed by atoms with E-state index in [9.17, 15) is 4.79 Å². The van der Waals surface area contributed by atoms with Crippen molar-refractivity contribution in [3.63, 3.8) is 0 Å². The highest BCUT2D eigenvalue weighted by Crippen LogP contribution is 1.98. The van der Waals surface area contributed by atoms with E-state index in [1.165, 1.54) is 7.11 Å². The van der Waals surface area contributed by atoms with Crippen LogP contribution in [0.5, 0.6) is 0 Å². The Morgan fingerprint density at radius 1 is 1.70 bits per heavy atom. The summed E-state index contributed by atoms with van der Waals surface area (Å²) in [5.74, 6) is -0.402. The second-order valence-electron chi connectivity index (χ2n) is 1.93. The van der Waals surface area contributed by atoms with Crippen LogP contribution in [-0.4, -0.2) is 13.1 Å². The van der Waals surface area contributed by atoms with Gasteiger partial charge in [-0.05, 0) is 6.92 Å². The van der Waals surface area contributed by atoms with Crippen molar-refractivity contribution in [1.29, 1.82) is 0 Å². The van der Waals surface area contributed by atoms with E-state index in [1.54, 1.807) is 25.2 Å². The first-order chi connectivity index (χ1) is 4.72. The fourth-order valence-electron chi connectivity index (χ4n) is 0.510. The summed E-state index contributed by atoms with van der Waals surface area (Å²) in [5.41, 5.74) is 0. The van der Waals surface area contributed by atoms with Gasteiger partial charge in [0, 0.05) is 0 Å². The summed E-state index contributed by atoms with van der Waals surface area (Å²) in [7, 11) is 1.38. The molecule has 0 radical (unpaired) electrons. The summed E-state index contributed by atoms with van der Waals surface area (Å²) >= 11 is 0. The Bertz CT molecular complexity index is 147. The molecule has 2 heteroatoms. The first-order valence-electron chi connectivity index (χ1n) is 3.09. The quantitative estimate of drug-likeness (QED) is 0.439. The standard InChI is InChI=1S/C8H12O2/c1-4-5-6-7(2)8(9)10-3/h4-7H,1H2,2-3H3. The van der Waals surface area contributed by atoms with Crippen LogP contribution in [0.15, 0.2) is 24.8 Å². The van der Waals surface area contributed by atoms with Crippen LogP contribution in [0.3, 0.4) is 0 Å². The molecule has 0 aliphatic rings. The van der Waals surface area contributed by atoms with E-state index in [-0.39, 0.29) is 11.9 Å². The number of rotatable bonds is 3. The molecule has 56 valence electrons. The number of ether oxygens (including phenoxy) is 1. The van der Waals surface area contributed by atoms with Gasteiger partial charge < -0.3 is 4.74 Å². The van der Waals surface area contributed by atoms with Crippen LogP contribution in [0.25, 0.3) is 0 Å². The molecule has 10 heavy (non-hydrogen) atoms. The molecule has 0 heterocycles. The predicted molar refractivity (Wildman–Crippen MR) is 40.5 cm³/mol. The molecule has 0 aromatic carbocycles. The van der Waals surface area contributed by atoms with Crippen molar-refractivity contribution >= 4 is 5.97 Å². The molecule has 0 N–H and O–H groups in total. The van der Waals surface area contributed by atoms with Crippen LogP contribution >= 0.6 is 0 Å². The van der Waals surface area contributed by atoms with E-state index in [1.807, 2.05) is 0 Å². The molecule has 0 aromatic rings. The molecule has 0 aromatic heterocycles. The molecule has 0 spiro atoms. The van der Waals surface area contributed by atoms with Crippen molar-refractivity contribution in [2.45, 2.75) is 6.92 Å². The van der Waals surface area contributed by atoms with Crippen LogP contribution in [0.1, 0.15) is 6.92 Å². The van der Waals surface area contributed by atoms with Crippen LogP contribution in [0.2, 0.25) is 0 Å². The fourth-order valence-corrected chi connectivity index (χ4v) is 0.510. The molecule has 1 unspecified atom stereocenters. The summed E-state index contributed by atoms with van der Waals surface area (Å²) in [6.07, 6.45) is 5.08. The first-order valence-corrected chi connectivity index (χ1v) is 3.09. The molecule has 0 saturated carbocycles. The third kappa shape index (κ3) is 3.07.